The minimum atomic E-state index is 0.477. The molecule has 1 heterocycles. The summed E-state index contributed by atoms with van der Waals surface area (Å²) in [5.74, 6) is 0. The molecule has 1 N–H and O–H groups in total. The Kier molecular flexibility index (Phi) is 3.56. The molecule has 2 nitrogen and oxygen atoms in total. The molecule has 1 atom stereocenters. The zero-order valence-electron chi connectivity index (χ0n) is 8.00. The van der Waals surface area contributed by atoms with Crippen molar-refractivity contribution in [1.29, 1.82) is 0 Å². The van der Waals surface area contributed by atoms with Crippen molar-refractivity contribution in [2.75, 3.05) is 19.8 Å². The maximum absolute atomic E-state index is 5.41. The topological polar surface area (TPSA) is 21.3 Å². The van der Waals surface area contributed by atoms with Gasteiger partial charge in [-0.05, 0) is 24.1 Å². The third kappa shape index (κ3) is 2.80. The first-order valence-corrected chi connectivity index (χ1v) is 5.69. The molecule has 0 bridgehead atoms. The van der Waals surface area contributed by atoms with Gasteiger partial charge in [-0.25, -0.2) is 0 Å². The largest absolute Gasteiger partial charge is 0.379 e. The number of benzene rings is 1. The molecule has 2 rings (SSSR count). The summed E-state index contributed by atoms with van der Waals surface area (Å²) in [5.41, 5.74) is 1.36. The molecule has 0 aromatic heterocycles. The highest BCUT2D eigenvalue weighted by Gasteiger charge is 2.12. The van der Waals surface area contributed by atoms with Crippen molar-refractivity contribution in [3.05, 3.63) is 34.3 Å². The van der Waals surface area contributed by atoms with E-state index in [9.17, 15) is 0 Å². The van der Waals surface area contributed by atoms with E-state index in [1.54, 1.807) is 0 Å². The Hall–Kier alpha value is -0.380. The van der Waals surface area contributed by atoms with Gasteiger partial charge in [-0.2, -0.15) is 0 Å². The van der Waals surface area contributed by atoms with Gasteiger partial charge in [0.1, 0.15) is 0 Å². The van der Waals surface area contributed by atoms with Gasteiger partial charge in [-0.3, -0.25) is 0 Å². The van der Waals surface area contributed by atoms with Crippen molar-refractivity contribution in [1.82, 2.24) is 5.32 Å². The minimum absolute atomic E-state index is 0.477. The summed E-state index contributed by atoms with van der Waals surface area (Å²) >= 11 is 3.43. The average Bonchev–Trinajstić information content (AvgIpc) is 2.23. The second kappa shape index (κ2) is 4.91. The maximum atomic E-state index is 5.41. The van der Waals surface area contributed by atoms with E-state index in [0.717, 1.165) is 30.7 Å². The quantitative estimate of drug-likeness (QED) is 0.873. The summed E-state index contributed by atoms with van der Waals surface area (Å²) in [5, 5.41) is 3.45. The highest BCUT2D eigenvalue weighted by atomic mass is 79.9. The maximum Gasteiger partial charge on any atom is 0.0623 e. The zero-order valence-corrected chi connectivity index (χ0v) is 9.59. The molecule has 1 aromatic rings. The van der Waals surface area contributed by atoms with E-state index in [1.165, 1.54) is 5.56 Å². The van der Waals surface area contributed by atoms with Crippen molar-refractivity contribution in [3.63, 3.8) is 0 Å². The Bertz CT molecular complexity index is 280. The van der Waals surface area contributed by atoms with Crippen LogP contribution in [0.25, 0.3) is 0 Å². The second-order valence-electron chi connectivity index (χ2n) is 3.56. The molecule has 1 aliphatic heterocycles. The number of hydrogen-bond donors (Lipinski definition) is 1. The molecule has 14 heavy (non-hydrogen) atoms. The molecule has 1 aliphatic rings. The molecule has 0 unspecified atom stereocenters. The smallest absolute Gasteiger partial charge is 0.0623 e. The Morgan fingerprint density at radius 3 is 2.79 bits per heavy atom. The molecule has 0 aliphatic carbocycles. The van der Waals surface area contributed by atoms with E-state index in [-0.39, 0.29) is 0 Å². The average molecular weight is 256 g/mol. The zero-order chi connectivity index (χ0) is 9.80. The lowest BCUT2D eigenvalue weighted by molar-refractivity contribution is 0.0770. The number of nitrogens with one attached hydrogen (secondary N) is 1. The Labute approximate surface area is 92.8 Å². The van der Waals surface area contributed by atoms with Crippen LogP contribution in [-0.2, 0) is 11.2 Å². The number of ether oxygens (including phenoxy) is 1. The molecular weight excluding hydrogens is 242 g/mol. The van der Waals surface area contributed by atoms with Crippen LogP contribution >= 0.6 is 15.9 Å². The summed E-state index contributed by atoms with van der Waals surface area (Å²) < 4.78 is 6.54. The second-order valence-corrected chi connectivity index (χ2v) is 4.47. The highest BCUT2D eigenvalue weighted by Crippen LogP contribution is 2.12. The highest BCUT2D eigenvalue weighted by molar-refractivity contribution is 9.10. The van der Waals surface area contributed by atoms with Crippen molar-refractivity contribution < 1.29 is 4.74 Å². The number of hydrogen-bond acceptors (Lipinski definition) is 2. The van der Waals surface area contributed by atoms with Gasteiger partial charge in [0.25, 0.3) is 0 Å². The number of morpholine rings is 1. The van der Waals surface area contributed by atoms with Crippen LogP contribution in [0.1, 0.15) is 5.56 Å². The first-order valence-electron chi connectivity index (χ1n) is 4.90. The van der Waals surface area contributed by atoms with Gasteiger partial charge in [-0.1, -0.05) is 28.1 Å². The van der Waals surface area contributed by atoms with Gasteiger partial charge in [0.2, 0.25) is 0 Å². The van der Waals surface area contributed by atoms with Crippen LogP contribution in [0.3, 0.4) is 0 Å². The molecule has 1 fully saturated rings. The summed E-state index contributed by atoms with van der Waals surface area (Å²) in [7, 11) is 0. The number of halogens is 1. The summed E-state index contributed by atoms with van der Waals surface area (Å²) in [6.07, 6.45) is 1.05. The monoisotopic (exact) mass is 255 g/mol. The van der Waals surface area contributed by atoms with Gasteiger partial charge in [0.05, 0.1) is 13.2 Å². The van der Waals surface area contributed by atoms with Crippen molar-refractivity contribution in [2.45, 2.75) is 12.5 Å². The van der Waals surface area contributed by atoms with Crippen LogP contribution in [0, 0.1) is 0 Å². The van der Waals surface area contributed by atoms with Crippen molar-refractivity contribution in [2.24, 2.45) is 0 Å². The molecule has 3 heteroatoms. The van der Waals surface area contributed by atoms with Gasteiger partial charge >= 0.3 is 0 Å². The molecule has 0 spiro atoms. The van der Waals surface area contributed by atoms with Crippen molar-refractivity contribution >= 4 is 15.9 Å². The lowest BCUT2D eigenvalue weighted by Gasteiger charge is -2.23. The fourth-order valence-corrected chi connectivity index (χ4v) is 1.92. The molecular formula is C11H14BrNO. The normalized spacial score (nSPS) is 22.2. The molecule has 0 amide bonds. The third-order valence-electron chi connectivity index (χ3n) is 2.39. The van der Waals surface area contributed by atoms with E-state index in [1.807, 2.05) is 0 Å². The molecule has 76 valence electrons. The fourth-order valence-electron chi connectivity index (χ4n) is 1.66. The first-order chi connectivity index (χ1) is 6.84. The summed E-state index contributed by atoms with van der Waals surface area (Å²) in [6.45, 7) is 2.65. The molecule has 1 saturated heterocycles. The van der Waals surface area contributed by atoms with Crippen LogP contribution in [0.5, 0.6) is 0 Å². The van der Waals surface area contributed by atoms with E-state index in [0.29, 0.717) is 6.04 Å². The Morgan fingerprint density at radius 2 is 2.14 bits per heavy atom. The first kappa shape index (κ1) is 10.1. The van der Waals surface area contributed by atoms with Crippen LogP contribution in [0.15, 0.2) is 28.7 Å². The van der Waals surface area contributed by atoms with E-state index < -0.39 is 0 Å². The Balaban J connectivity index is 1.92. The van der Waals surface area contributed by atoms with Crippen LogP contribution in [0.4, 0.5) is 0 Å². The van der Waals surface area contributed by atoms with Gasteiger partial charge < -0.3 is 10.1 Å². The minimum Gasteiger partial charge on any atom is -0.379 e. The van der Waals surface area contributed by atoms with Crippen LogP contribution in [-0.4, -0.2) is 25.8 Å². The lowest BCUT2D eigenvalue weighted by atomic mass is 10.1. The van der Waals surface area contributed by atoms with Gasteiger partial charge in [0, 0.05) is 17.1 Å². The van der Waals surface area contributed by atoms with Crippen molar-refractivity contribution in [3.8, 4) is 0 Å². The van der Waals surface area contributed by atoms with Crippen LogP contribution < -0.4 is 5.32 Å². The SMILES string of the molecule is Brc1ccc(C[C@H]2COCCN2)cc1. The molecule has 0 saturated carbocycles. The predicted molar refractivity (Wildman–Crippen MR) is 60.5 cm³/mol. The van der Waals surface area contributed by atoms with E-state index in [4.69, 9.17) is 4.74 Å². The summed E-state index contributed by atoms with van der Waals surface area (Å²) in [6, 6.07) is 8.95. The van der Waals surface area contributed by atoms with E-state index >= 15 is 0 Å². The Morgan fingerprint density at radius 1 is 1.36 bits per heavy atom. The standard InChI is InChI=1S/C11H14BrNO/c12-10-3-1-9(2-4-10)7-11-8-14-6-5-13-11/h1-4,11,13H,5-8H2/t11-/m0/s1. The summed E-state index contributed by atoms with van der Waals surface area (Å²) in [4.78, 5) is 0. The van der Waals surface area contributed by atoms with Gasteiger partial charge in [0.15, 0.2) is 0 Å². The molecule has 1 aromatic carbocycles. The van der Waals surface area contributed by atoms with Gasteiger partial charge in [-0.15, -0.1) is 0 Å². The van der Waals surface area contributed by atoms with E-state index in [2.05, 4.69) is 45.5 Å². The third-order valence-corrected chi connectivity index (χ3v) is 2.92. The van der Waals surface area contributed by atoms with Crippen LogP contribution in [0.2, 0.25) is 0 Å². The lowest BCUT2D eigenvalue weighted by Crippen LogP contribution is -2.42. The number of rotatable bonds is 2. The predicted octanol–water partition coefficient (Wildman–Crippen LogP) is 1.98. The fraction of sp³-hybridized carbons (Fsp3) is 0.455. The molecule has 0 radical (unpaired) electrons.